The Kier molecular flexibility index (Phi) is 6.95. The van der Waals surface area contributed by atoms with Crippen molar-refractivity contribution in [2.24, 2.45) is 0 Å². The fourth-order valence-electron chi connectivity index (χ4n) is 2.65. The van der Waals surface area contributed by atoms with E-state index < -0.39 is 0 Å². The Bertz CT molecular complexity index is 974. The Hall–Kier alpha value is -1.80. The first-order valence-corrected chi connectivity index (χ1v) is 10.2. The molecule has 0 saturated carbocycles. The van der Waals surface area contributed by atoms with Gasteiger partial charge >= 0.3 is 0 Å². The normalized spacial score (nSPS) is 11.1. The molecule has 0 atom stereocenters. The van der Waals surface area contributed by atoms with Gasteiger partial charge in [0.25, 0.3) is 5.56 Å². The Morgan fingerprint density at radius 3 is 2.96 bits per heavy atom. The van der Waals surface area contributed by atoms with E-state index in [-0.39, 0.29) is 5.56 Å². The number of hydrogen-bond donors (Lipinski definition) is 3. The van der Waals surface area contributed by atoms with Gasteiger partial charge in [-0.15, -0.1) is 11.3 Å². The van der Waals surface area contributed by atoms with Crippen molar-refractivity contribution in [1.82, 2.24) is 15.3 Å². The van der Waals surface area contributed by atoms with E-state index in [1.807, 2.05) is 24.4 Å². The van der Waals surface area contributed by atoms with Crippen LogP contribution in [0.25, 0.3) is 10.2 Å². The monoisotopic (exact) mass is 426 g/mol. The molecule has 144 valence electrons. The highest BCUT2D eigenvalue weighted by Crippen LogP contribution is 2.32. The van der Waals surface area contributed by atoms with Crippen LogP contribution in [0.2, 0.25) is 10.0 Å². The van der Waals surface area contributed by atoms with Gasteiger partial charge in [-0.2, -0.15) is 0 Å². The van der Waals surface area contributed by atoms with E-state index in [0.717, 1.165) is 18.5 Å². The number of aromatic nitrogens is 2. The molecule has 3 rings (SSSR count). The number of anilines is 1. The summed E-state index contributed by atoms with van der Waals surface area (Å²) in [4.78, 5) is 19.1. The lowest BCUT2D eigenvalue weighted by molar-refractivity contribution is 0.335. The van der Waals surface area contributed by atoms with Crippen LogP contribution in [0.3, 0.4) is 0 Å². The molecule has 0 radical (unpaired) electrons. The Labute approximate surface area is 170 Å². The van der Waals surface area contributed by atoms with Crippen LogP contribution in [0.4, 0.5) is 5.95 Å². The van der Waals surface area contributed by atoms with Crippen molar-refractivity contribution in [1.29, 1.82) is 0 Å². The minimum absolute atomic E-state index is 0.114. The van der Waals surface area contributed by atoms with Gasteiger partial charge in [-0.05, 0) is 43.5 Å². The van der Waals surface area contributed by atoms with E-state index in [1.165, 1.54) is 11.3 Å². The predicted molar refractivity (Wildman–Crippen MR) is 113 cm³/mol. The highest BCUT2D eigenvalue weighted by molar-refractivity contribution is 7.17. The van der Waals surface area contributed by atoms with Gasteiger partial charge in [0.1, 0.15) is 10.4 Å². The largest absolute Gasteiger partial charge is 0.492 e. The van der Waals surface area contributed by atoms with Crippen molar-refractivity contribution in [3.63, 3.8) is 0 Å². The molecule has 0 bridgehead atoms. The second-order valence-corrected chi connectivity index (χ2v) is 7.58. The first-order chi connectivity index (χ1) is 13.1. The lowest BCUT2D eigenvalue weighted by atomic mass is 10.2. The fourth-order valence-corrected chi connectivity index (χ4v) is 3.97. The third-order valence-corrected chi connectivity index (χ3v) is 5.23. The van der Waals surface area contributed by atoms with Gasteiger partial charge in [0, 0.05) is 23.7 Å². The molecular formula is C18H20Cl2N4O2S. The van der Waals surface area contributed by atoms with Crippen LogP contribution in [0.1, 0.15) is 18.9 Å². The predicted octanol–water partition coefficient (Wildman–Crippen LogP) is 4.28. The molecule has 9 heteroatoms. The molecule has 0 aliphatic carbocycles. The summed E-state index contributed by atoms with van der Waals surface area (Å²) >= 11 is 13.7. The number of hydrogen-bond acceptors (Lipinski definition) is 6. The molecule has 0 aliphatic heterocycles. The van der Waals surface area contributed by atoms with E-state index in [9.17, 15) is 4.79 Å². The van der Waals surface area contributed by atoms with Gasteiger partial charge in [0.05, 0.1) is 17.1 Å². The maximum absolute atomic E-state index is 11.9. The van der Waals surface area contributed by atoms with Crippen molar-refractivity contribution in [2.75, 3.05) is 25.0 Å². The van der Waals surface area contributed by atoms with Crippen molar-refractivity contribution in [3.8, 4) is 5.75 Å². The molecule has 2 heterocycles. The van der Waals surface area contributed by atoms with Gasteiger partial charge in [0.15, 0.2) is 0 Å². The van der Waals surface area contributed by atoms with E-state index in [2.05, 4.69) is 20.6 Å². The molecule has 0 amide bonds. The number of rotatable bonds is 9. The molecule has 0 fully saturated rings. The highest BCUT2D eigenvalue weighted by Gasteiger charge is 2.10. The Balaban J connectivity index is 1.47. The van der Waals surface area contributed by atoms with E-state index >= 15 is 0 Å². The molecule has 0 spiro atoms. The minimum atomic E-state index is -0.114. The molecule has 3 aromatic rings. The van der Waals surface area contributed by atoms with Crippen molar-refractivity contribution < 1.29 is 4.74 Å². The smallest absolute Gasteiger partial charge is 0.270 e. The molecule has 2 aromatic heterocycles. The quantitative estimate of drug-likeness (QED) is 0.445. The standard InChI is InChI=1S/C18H20Cl2N4O2S/c1-2-26-15-11(8-12(19)9-13(15)20)10-21-5-3-6-22-18-23-14-4-7-27-16(14)17(25)24-18/h4,7-9,21H,2-3,5-6,10H2,1H3,(H2,22,23,24,25). The third kappa shape index (κ3) is 5.13. The maximum Gasteiger partial charge on any atom is 0.270 e. The second-order valence-electron chi connectivity index (χ2n) is 5.82. The average Bonchev–Trinajstić information content (AvgIpc) is 3.10. The number of nitrogens with zero attached hydrogens (tertiary/aromatic N) is 1. The fraction of sp³-hybridized carbons (Fsp3) is 0.333. The van der Waals surface area contributed by atoms with Crippen LogP contribution in [0.15, 0.2) is 28.4 Å². The summed E-state index contributed by atoms with van der Waals surface area (Å²) in [5.41, 5.74) is 1.53. The summed E-state index contributed by atoms with van der Waals surface area (Å²) < 4.78 is 6.26. The summed E-state index contributed by atoms with van der Waals surface area (Å²) in [7, 11) is 0. The Morgan fingerprint density at radius 1 is 1.30 bits per heavy atom. The SMILES string of the molecule is CCOc1c(Cl)cc(Cl)cc1CNCCCNc1nc2ccsc2c(=O)[nH]1. The average molecular weight is 427 g/mol. The molecule has 6 nitrogen and oxygen atoms in total. The van der Waals surface area contributed by atoms with Crippen LogP contribution in [-0.4, -0.2) is 29.7 Å². The minimum Gasteiger partial charge on any atom is -0.492 e. The number of aromatic amines is 1. The lowest BCUT2D eigenvalue weighted by Crippen LogP contribution is -2.19. The van der Waals surface area contributed by atoms with Gasteiger partial charge in [-0.25, -0.2) is 4.98 Å². The third-order valence-electron chi connectivity index (χ3n) is 3.83. The topological polar surface area (TPSA) is 79.0 Å². The van der Waals surface area contributed by atoms with Crippen LogP contribution in [0.5, 0.6) is 5.75 Å². The zero-order valence-corrected chi connectivity index (χ0v) is 17.1. The molecule has 0 aliphatic rings. The van der Waals surface area contributed by atoms with E-state index in [0.29, 0.717) is 51.7 Å². The van der Waals surface area contributed by atoms with Crippen molar-refractivity contribution >= 4 is 50.7 Å². The number of benzene rings is 1. The van der Waals surface area contributed by atoms with Gasteiger partial charge < -0.3 is 15.4 Å². The van der Waals surface area contributed by atoms with E-state index in [4.69, 9.17) is 27.9 Å². The maximum atomic E-state index is 11.9. The summed E-state index contributed by atoms with van der Waals surface area (Å²) in [6.45, 7) is 4.51. The summed E-state index contributed by atoms with van der Waals surface area (Å²) in [6, 6.07) is 5.38. The molecule has 0 unspecified atom stereocenters. The number of halogens is 2. The van der Waals surface area contributed by atoms with Crippen molar-refractivity contribution in [3.05, 3.63) is 49.5 Å². The molecule has 0 saturated heterocycles. The number of ether oxygens (including phenoxy) is 1. The summed E-state index contributed by atoms with van der Waals surface area (Å²) in [6.07, 6.45) is 0.851. The highest BCUT2D eigenvalue weighted by atomic mass is 35.5. The second kappa shape index (κ2) is 9.41. The van der Waals surface area contributed by atoms with Crippen LogP contribution >= 0.6 is 34.5 Å². The van der Waals surface area contributed by atoms with Gasteiger partial charge in [-0.3, -0.25) is 9.78 Å². The zero-order chi connectivity index (χ0) is 19.2. The van der Waals surface area contributed by atoms with Crippen LogP contribution in [0, 0.1) is 0 Å². The summed E-state index contributed by atoms with van der Waals surface area (Å²) in [5.74, 6) is 1.16. The lowest BCUT2D eigenvalue weighted by Gasteiger charge is -2.13. The molecule has 1 aromatic carbocycles. The Morgan fingerprint density at radius 2 is 2.15 bits per heavy atom. The molecular weight excluding hydrogens is 407 g/mol. The first-order valence-electron chi connectivity index (χ1n) is 8.61. The van der Waals surface area contributed by atoms with Gasteiger partial charge in [-0.1, -0.05) is 23.2 Å². The number of H-pyrrole nitrogens is 1. The summed E-state index contributed by atoms with van der Waals surface area (Å²) in [5, 5.41) is 9.46. The number of fused-ring (bicyclic) bond motifs is 1. The van der Waals surface area contributed by atoms with E-state index in [1.54, 1.807) is 6.07 Å². The number of thiophene rings is 1. The zero-order valence-electron chi connectivity index (χ0n) is 14.8. The van der Waals surface area contributed by atoms with Crippen LogP contribution < -0.4 is 20.9 Å². The van der Waals surface area contributed by atoms with Gasteiger partial charge in [0.2, 0.25) is 5.95 Å². The molecule has 3 N–H and O–H groups in total. The number of nitrogens with one attached hydrogen (secondary N) is 3. The first kappa shape index (κ1) is 19.9. The van der Waals surface area contributed by atoms with Crippen LogP contribution in [-0.2, 0) is 6.54 Å². The van der Waals surface area contributed by atoms with Crippen molar-refractivity contribution in [2.45, 2.75) is 19.9 Å². The molecule has 27 heavy (non-hydrogen) atoms.